The van der Waals surface area contributed by atoms with Crippen LogP contribution >= 0.6 is 0 Å². The molecule has 2 aromatic rings. The number of hydrogen-bond donors (Lipinski definition) is 2. The molecule has 2 heterocycles. The molecule has 26 heavy (non-hydrogen) atoms. The Balaban J connectivity index is 1.46. The van der Waals surface area contributed by atoms with E-state index >= 15 is 0 Å². The van der Waals surface area contributed by atoms with Crippen molar-refractivity contribution in [1.29, 1.82) is 0 Å². The van der Waals surface area contributed by atoms with Crippen LogP contribution in [0.2, 0.25) is 0 Å². The summed E-state index contributed by atoms with van der Waals surface area (Å²) in [5.74, 6) is 2.71. The van der Waals surface area contributed by atoms with Crippen molar-refractivity contribution in [2.24, 2.45) is 0 Å². The first-order valence-electron chi connectivity index (χ1n) is 8.40. The van der Waals surface area contributed by atoms with Gasteiger partial charge in [0, 0.05) is 11.8 Å². The van der Waals surface area contributed by atoms with E-state index in [1.54, 1.807) is 18.2 Å². The smallest absolute Gasteiger partial charge is 0.319 e. The zero-order valence-electron chi connectivity index (χ0n) is 14.6. The lowest BCUT2D eigenvalue weighted by Crippen LogP contribution is -2.43. The van der Waals surface area contributed by atoms with Gasteiger partial charge in [-0.25, -0.2) is 4.79 Å². The Hall–Kier alpha value is -3.09. The van der Waals surface area contributed by atoms with E-state index in [0.717, 1.165) is 11.3 Å². The molecule has 4 rings (SSSR count). The first-order chi connectivity index (χ1) is 12.5. The lowest BCUT2D eigenvalue weighted by molar-refractivity contribution is 0.171. The molecule has 136 valence electrons. The molecule has 0 spiro atoms. The molecule has 7 nitrogen and oxygen atoms in total. The Morgan fingerprint density at radius 2 is 1.54 bits per heavy atom. The molecule has 0 saturated heterocycles. The van der Waals surface area contributed by atoms with Crippen molar-refractivity contribution in [3.8, 4) is 23.0 Å². The monoisotopic (exact) mass is 356 g/mol. The second kappa shape index (κ2) is 6.33. The maximum Gasteiger partial charge on any atom is 0.319 e. The number of carbonyl (C=O) groups excluding carboxylic acids is 1. The second-order valence-corrected chi connectivity index (χ2v) is 6.63. The number of benzene rings is 2. The molecule has 0 atom stereocenters. The number of hydrogen-bond acceptors (Lipinski definition) is 5. The van der Waals surface area contributed by atoms with Crippen LogP contribution in [-0.2, 0) is 5.54 Å². The Morgan fingerprint density at radius 3 is 2.38 bits per heavy atom. The van der Waals surface area contributed by atoms with Gasteiger partial charge < -0.3 is 29.6 Å². The second-order valence-electron chi connectivity index (χ2n) is 6.63. The van der Waals surface area contributed by atoms with E-state index in [9.17, 15) is 4.79 Å². The summed E-state index contributed by atoms with van der Waals surface area (Å²) in [5, 5.41) is 5.80. The zero-order valence-corrected chi connectivity index (χ0v) is 14.6. The summed E-state index contributed by atoms with van der Waals surface area (Å²) in [7, 11) is 0. The highest BCUT2D eigenvalue weighted by Crippen LogP contribution is 2.35. The molecule has 2 aliphatic rings. The highest BCUT2D eigenvalue weighted by molar-refractivity contribution is 5.90. The van der Waals surface area contributed by atoms with Crippen LogP contribution in [0.4, 0.5) is 10.5 Å². The van der Waals surface area contributed by atoms with Crippen LogP contribution in [-0.4, -0.2) is 26.0 Å². The van der Waals surface area contributed by atoms with Crippen molar-refractivity contribution >= 4 is 11.7 Å². The van der Waals surface area contributed by atoms with Gasteiger partial charge >= 0.3 is 6.03 Å². The Morgan fingerprint density at radius 1 is 0.885 bits per heavy atom. The fraction of sp³-hybridized carbons (Fsp3) is 0.316. The third-order valence-electron chi connectivity index (χ3n) is 4.32. The topological polar surface area (TPSA) is 78.1 Å². The number of rotatable bonds is 3. The highest BCUT2D eigenvalue weighted by Gasteiger charge is 2.25. The van der Waals surface area contributed by atoms with E-state index in [1.807, 2.05) is 32.0 Å². The van der Waals surface area contributed by atoms with Crippen molar-refractivity contribution in [3.05, 3.63) is 42.0 Å². The Kier molecular flexibility index (Phi) is 3.99. The summed E-state index contributed by atoms with van der Waals surface area (Å²) in [6, 6.07) is 10.6. The van der Waals surface area contributed by atoms with Crippen molar-refractivity contribution in [2.45, 2.75) is 19.4 Å². The first-order valence-corrected chi connectivity index (χ1v) is 8.40. The number of ether oxygens (including phenoxy) is 4. The molecule has 0 radical (unpaired) electrons. The predicted molar refractivity (Wildman–Crippen MR) is 95.2 cm³/mol. The molecular formula is C19H20N2O5. The average Bonchev–Trinajstić information content (AvgIpc) is 3.08. The van der Waals surface area contributed by atoms with Crippen LogP contribution in [0.1, 0.15) is 19.4 Å². The van der Waals surface area contributed by atoms with E-state index in [-0.39, 0.29) is 12.8 Å². The van der Waals surface area contributed by atoms with Crippen LogP contribution in [0, 0.1) is 0 Å². The third-order valence-corrected chi connectivity index (χ3v) is 4.32. The molecular weight excluding hydrogens is 336 g/mol. The fourth-order valence-electron chi connectivity index (χ4n) is 2.92. The highest BCUT2D eigenvalue weighted by atomic mass is 16.7. The Labute approximate surface area is 151 Å². The lowest BCUT2D eigenvalue weighted by Gasteiger charge is -2.28. The number of urea groups is 1. The van der Waals surface area contributed by atoms with E-state index in [1.165, 1.54) is 0 Å². The van der Waals surface area contributed by atoms with E-state index in [4.69, 9.17) is 18.9 Å². The van der Waals surface area contributed by atoms with Gasteiger partial charge in [-0.1, -0.05) is 6.07 Å². The molecule has 0 fully saturated rings. The van der Waals surface area contributed by atoms with Gasteiger partial charge in [-0.3, -0.25) is 0 Å². The lowest BCUT2D eigenvalue weighted by atomic mass is 9.94. The molecule has 2 aromatic carbocycles. The number of carbonyl (C=O) groups is 1. The summed E-state index contributed by atoms with van der Waals surface area (Å²) in [6.07, 6.45) is 0. The first kappa shape index (κ1) is 16.4. The van der Waals surface area contributed by atoms with Crippen LogP contribution in [0.3, 0.4) is 0 Å². The van der Waals surface area contributed by atoms with Crippen molar-refractivity contribution in [1.82, 2.24) is 5.32 Å². The summed E-state index contributed by atoms with van der Waals surface area (Å²) < 4.78 is 21.8. The quantitative estimate of drug-likeness (QED) is 0.883. The number of anilines is 1. The molecule has 7 heteroatoms. The van der Waals surface area contributed by atoms with Gasteiger partial charge in [0.2, 0.25) is 6.79 Å². The van der Waals surface area contributed by atoms with Crippen LogP contribution < -0.4 is 29.6 Å². The van der Waals surface area contributed by atoms with Crippen molar-refractivity contribution in [3.63, 3.8) is 0 Å². The largest absolute Gasteiger partial charge is 0.486 e. The van der Waals surface area contributed by atoms with Gasteiger partial charge in [0.15, 0.2) is 23.0 Å². The SMILES string of the molecule is CC(C)(NC(=O)Nc1ccc2c(c1)OCO2)c1ccc2c(c1)OCCO2. The zero-order chi connectivity index (χ0) is 18.1. The molecule has 0 aromatic heterocycles. The Bertz CT molecular complexity index is 850. The van der Waals surface area contributed by atoms with Gasteiger partial charge in [-0.2, -0.15) is 0 Å². The number of amides is 2. The average molecular weight is 356 g/mol. The number of fused-ring (bicyclic) bond motifs is 2. The molecule has 2 N–H and O–H groups in total. The summed E-state index contributed by atoms with van der Waals surface area (Å²) in [5.41, 5.74) is 0.948. The summed E-state index contributed by atoms with van der Waals surface area (Å²) in [4.78, 5) is 12.4. The maximum absolute atomic E-state index is 12.4. The standard InChI is InChI=1S/C19H20N2O5/c1-19(2,12-3-5-14-16(9-12)24-8-7-23-14)21-18(22)20-13-4-6-15-17(10-13)26-11-25-15/h3-6,9-10H,7-8,11H2,1-2H3,(H2,20,21,22). The molecule has 0 bridgehead atoms. The van der Waals surface area contributed by atoms with Crippen molar-refractivity contribution < 1.29 is 23.7 Å². The van der Waals surface area contributed by atoms with Crippen molar-refractivity contribution in [2.75, 3.05) is 25.3 Å². The summed E-state index contributed by atoms with van der Waals surface area (Å²) >= 11 is 0. The predicted octanol–water partition coefficient (Wildman–Crippen LogP) is 3.24. The van der Waals surface area contributed by atoms with Gasteiger partial charge in [0.25, 0.3) is 0 Å². The van der Waals surface area contributed by atoms with Crippen LogP contribution in [0.5, 0.6) is 23.0 Å². The molecule has 0 saturated carbocycles. The summed E-state index contributed by atoms with van der Waals surface area (Å²) in [6.45, 7) is 5.12. The van der Waals surface area contributed by atoms with Gasteiger partial charge in [-0.05, 0) is 43.7 Å². The van der Waals surface area contributed by atoms with E-state index in [2.05, 4.69) is 10.6 Å². The number of nitrogens with one attached hydrogen (secondary N) is 2. The fourth-order valence-corrected chi connectivity index (χ4v) is 2.92. The molecule has 2 amide bonds. The maximum atomic E-state index is 12.4. The van der Waals surface area contributed by atoms with Gasteiger partial charge in [-0.15, -0.1) is 0 Å². The van der Waals surface area contributed by atoms with Crippen LogP contribution in [0.25, 0.3) is 0 Å². The molecule has 0 unspecified atom stereocenters. The van der Waals surface area contributed by atoms with E-state index in [0.29, 0.717) is 36.1 Å². The minimum absolute atomic E-state index is 0.197. The van der Waals surface area contributed by atoms with Crippen LogP contribution in [0.15, 0.2) is 36.4 Å². The van der Waals surface area contributed by atoms with Gasteiger partial charge in [0.05, 0.1) is 5.54 Å². The normalized spacial score (nSPS) is 14.7. The van der Waals surface area contributed by atoms with E-state index < -0.39 is 5.54 Å². The third kappa shape index (κ3) is 3.20. The minimum atomic E-state index is -0.601. The van der Waals surface area contributed by atoms with Gasteiger partial charge in [0.1, 0.15) is 13.2 Å². The minimum Gasteiger partial charge on any atom is -0.486 e. The molecule has 0 aliphatic carbocycles. The molecule has 2 aliphatic heterocycles.